The van der Waals surface area contributed by atoms with E-state index in [0.717, 1.165) is 41.3 Å². The molecule has 0 aliphatic heterocycles. The number of nitriles is 1. The van der Waals surface area contributed by atoms with Crippen LogP contribution in [0.4, 0.5) is 17.6 Å². The normalized spacial score (nSPS) is 14.4. The van der Waals surface area contributed by atoms with Gasteiger partial charge in [0.25, 0.3) is 0 Å². The van der Waals surface area contributed by atoms with Gasteiger partial charge in [0, 0.05) is 6.20 Å². The third kappa shape index (κ3) is 8.14. The minimum absolute atomic E-state index is 0.0787. The number of aryl methyl sites for hydroxylation is 2. The second kappa shape index (κ2) is 13.3. The molecule has 2 unspecified atom stereocenters. The van der Waals surface area contributed by atoms with Gasteiger partial charge in [-0.05, 0) is 79.1 Å². The first-order chi connectivity index (χ1) is 19.3. The van der Waals surface area contributed by atoms with E-state index in [9.17, 15) is 31.2 Å². The van der Waals surface area contributed by atoms with E-state index < -0.39 is 27.7 Å². The Morgan fingerprint density at radius 3 is 2.32 bits per heavy atom. The number of rotatable bonds is 10. The number of aromatic nitrogens is 1. The van der Waals surface area contributed by atoms with Crippen LogP contribution in [0.5, 0.6) is 0 Å². The van der Waals surface area contributed by atoms with Crippen molar-refractivity contribution < 1.29 is 26.0 Å². The molecule has 41 heavy (non-hydrogen) atoms. The second-order valence-electron chi connectivity index (χ2n) is 10.1. The highest BCUT2D eigenvalue weighted by molar-refractivity contribution is 7.91. The van der Waals surface area contributed by atoms with Crippen molar-refractivity contribution in [2.45, 2.75) is 57.5 Å². The van der Waals surface area contributed by atoms with Gasteiger partial charge < -0.3 is 0 Å². The summed E-state index contributed by atoms with van der Waals surface area (Å²) in [6.45, 7) is 6.77. The van der Waals surface area contributed by atoms with Crippen LogP contribution in [0.2, 0.25) is 0 Å². The summed E-state index contributed by atoms with van der Waals surface area (Å²) >= 11 is 0. The molecule has 0 amide bonds. The van der Waals surface area contributed by atoms with E-state index in [0.29, 0.717) is 29.7 Å². The highest BCUT2D eigenvalue weighted by Crippen LogP contribution is 2.37. The molecule has 9 heteroatoms. The zero-order valence-electron chi connectivity index (χ0n) is 23.3. The summed E-state index contributed by atoms with van der Waals surface area (Å²) in [5, 5.41) is 10.3. The van der Waals surface area contributed by atoms with Gasteiger partial charge in [0.1, 0.15) is 11.9 Å². The number of nitrogens with zero attached hydrogens (tertiary/aromatic N) is 2. The van der Waals surface area contributed by atoms with Crippen molar-refractivity contribution in [1.29, 1.82) is 5.26 Å². The summed E-state index contributed by atoms with van der Waals surface area (Å²) in [6.07, 6.45) is -0.391. The zero-order chi connectivity index (χ0) is 30.4. The van der Waals surface area contributed by atoms with E-state index in [4.69, 9.17) is 0 Å². The van der Waals surface area contributed by atoms with Crippen LogP contribution >= 0.6 is 0 Å². The summed E-state index contributed by atoms with van der Waals surface area (Å²) in [4.78, 5) is 4.28. The monoisotopic (exact) mass is 584 g/mol. The molecule has 0 N–H and O–H groups in total. The Bertz CT molecular complexity index is 1570. The topological polar surface area (TPSA) is 70.8 Å². The Kier molecular flexibility index (Phi) is 10.3. The molecule has 2 atom stereocenters. The van der Waals surface area contributed by atoms with Crippen LogP contribution in [-0.2, 0) is 9.84 Å². The van der Waals surface area contributed by atoms with Crippen LogP contribution < -0.4 is 0 Å². The molecule has 3 rings (SSSR count). The van der Waals surface area contributed by atoms with Gasteiger partial charge in [-0.3, -0.25) is 4.98 Å². The van der Waals surface area contributed by atoms with Crippen LogP contribution in [0.1, 0.15) is 60.6 Å². The Morgan fingerprint density at radius 2 is 1.76 bits per heavy atom. The molecule has 4 nitrogen and oxygen atoms in total. The van der Waals surface area contributed by atoms with Crippen LogP contribution in [0.3, 0.4) is 0 Å². The predicted octanol–water partition coefficient (Wildman–Crippen LogP) is 8.38. The van der Waals surface area contributed by atoms with Gasteiger partial charge in [-0.15, -0.1) is 0 Å². The molecular formula is C32H32F4N2O2S. The van der Waals surface area contributed by atoms with E-state index in [-0.39, 0.29) is 16.6 Å². The third-order valence-electron chi connectivity index (χ3n) is 7.02. The van der Waals surface area contributed by atoms with E-state index in [2.05, 4.69) is 11.1 Å². The number of hydrogen-bond donors (Lipinski definition) is 0. The number of alkyl halides is 3. The van der Waals surface area contributed by atoms with Crippen molar-refractivity contribution in [2.24, 2.45) is 5.92 Å². The number of hydrogen-bond acceptors (Lipinski definition) is 4. The van der Waals surface area contributed by atoms with Crippen LogP contribution in [-0.4, -0.2) is 25.3 Å². The molecule has 0 radical (unpaired) electrons. The molecule has 1 aromatic heterocycles. The molecule has 0 saturated heterocycles. The maximum absolute atomic E-state index is 13.6. The summed E-state index contributed by atoms with van der Waals surface area (Å²) in [5.74, 6) is -2.81. The number of halogens is 4. The summed E-state index contributed by atoms with van der Waals surface area (Å²) in [7, 11) is -3.94. The maximum Gasteiger partial charge on any atom is 0.394 e. The van der Waals surface area contributed by atoms with E-state index in [1.165, 1.54) is 30.5 Å². The molecule has 0 saturated carbocycles. The second-order valence-corrected chi connectivity index (χ2v) is 12.1. The summed E-state index contributed by atoms with van der Waals surface area (Å²) < 4.78 is 77.5. The van der Waals surface area contributed by atoms with Gasteiger partial charge in [0.15, 0.2) is 9.84 Å². The van der Waals surface area contributed by atoms with E-state index >= 15 is 0 Å². The molecule has 2 aromatic carbocycles. The van der Waals surface area contributed by atoms with Crippen molar-refractivity contribution >= 4 is 21.0 Å². The fourth-order valence-electron chi connectivity index (χ4n) is 4.44. The first-order valence-electron chi connectivity index (χ1n) is 13.2. The third-order valence-corrected chi connectivity index (χ3v) is 8.61. The van der Waals surface area contributed by atoms with E-state index in [1.54, 1.807) is 12.1 Å². The number of sulfone groups is 1. The maximum atomic E-state index is 13.6. The lowest BCUT2D eigenvalue weighted by Gasteiger charge is -2.20. The fourth-order valence-corrected chi connectivity index (χ4v) is 5.49. The number of pyridine rings is 1. The number of allylic oxidation sites excluding steroid dienone is 3. The van der Waals surface area contributed by atoms with Crippen molar-refractivity contribution in [3.63, 3.8) is 0 Å². The van der Waals surface area contributed by atoms with E-state index in [1.807, 2.05) is 39.0 Å². The van der Waals surface area contributed by atoms with Crippen molar-refractivity contribution in [3.05, 3.63) is 107 Å². The van der Waals surface area contributed by atoms with Crippen LogP contribution in [0.15, 0.2) is 77.8 Å². The zero-order valence-corrected chi connectivity index (χ0v) is 24.2. The molecule has 0 bridgehead atoms. The lowest BCUT2D eigenvalue weighted by Crippen LogP contribution is -2.17. The quantitative estimate of drug-likeness (QED) is 0.136. The Balaban J connectivity index is 2.06. The van der Waals surface area contributed by atoms with Gasteiger partial charge in [0.2, 0.25) is 0 Å². The lowest BCUT2D eigenvalue weighted by molar-refractivity contribution is -0.156. The molecular weight excluding hydrogens is 552 g/mol. The Hall–Kier alpha value is -3.77. The van der Waals surface area contributed by atoms with Gasteiger partial charge >= 0.3 is 6.18 Å². The molecule has 3 aromatic rings. The molecule has 1 heterocycles. The van der Waals surface area contributed by atoms with Gasteiger partial charge in [0.05, 0.1) is 27.8 Å². The lowest BCUT2D eigenvalue weighted by atomic mass is 9.84. The first kappa shape index (κ1) is 31.8. The summed E-state index contributed by atoms with van der Waals surface area (Å²) in [6, 6.07) is 17.2. The van der Waals surface area contributed by atoms with Gasteiger partial charge in [-0.2, -0.15) is 18.4 Å². The first-order valence-corrected chi connectivity index (χ1v) is 14.8. The highest BCUT2D eigenvalue weighted by Gasteiger charge is 2.33. The standard InChI is InChI=1S/C32H32F4N2O2S/c1-5-24(25-10-12-26(33)13-11-25)18-29(30(19-37)28-17-21(2)8-9-22(28)3)31-15-14-27(20-38-31)41(39,40)16-6-7-23(4)32(34,35)36/h6-15,17,20,23-24H,5,16,18H2,1-4H3. The average molecular weight is 585 g/mol. The van der Waals surface area contributed by atoms with Crippen molar-refractivity contribution in [1.82, 2.24) is 4.98 Å². The predicted molar refractivity (Wildman–Crippen MR) is 153 cm³/mol. The SMILES string of the molecule is CCC(CC(=C(C#N)c1cc(C)ccc1C)c1ccc(S(=O)(=O)CC=CC(C)C(F)(F)F)cn1)c1ccc(F)cc1. The number of benzene rings is 2. The molecule has 0 aliphatic carbocycles. The fraction of sp³-hybridized carbons (Fsp3) is 0.312. The van der Waals surface area contributed by atoms with Crippen LogP contribution in [0, 0.1) is 36.9 Å². The molecule has 0 spiro atoms. The van der Waals surface area contributed by atoms with Crippen LogP contribution in [0.25, 0.3) is 11.1 Å². The smallest absolute Gasteiger partial charge is 0.255 e. The highest BCUT2D eigenvalue weighted by atomic mass is 32.2. The van der Waals surface area contributed by atoms with Crippen molar-refractivity contribution in [3.8, 4) is 6.07 Å². The minimum Gasteiger partial charge on any atom is -0.255 e. The average Bonchev–Trinajstić information content (AvgIpc) is 2.93. The summed E-state index contributed by atoms with van der Waals surface area (Å²) in [5.41, 5.74) is 4.90. The molecule has 216 valence electrons. The van der Waals surface area contributed by atoms with Crippen molar-refractivity contribution in [2.75, 3.05) is 5.75 Å². The van der Waals surface area contributed by atoms with Gasteiger partial charge in [-0.25, -0.2) is 12.8 Å². The molecule has 0 fully saturated rings. The minimum atomic E-state index is -4.45. The largest absolute Gasteiger partial charge is 0.394 e. The molecule has 0 aliphatic rings. The Labute approximate surface area is 239 Å². The van der Waals surface area contributed by atoms with Gasteiger partial charge in [-0.1, -0.05) is 61.9 Å². The Morgan fingerprint density at radius 1 is 1.07 bits per heavy atom.